The topological polar surface area (TPSA) is 12.0 Å². The SMILES string of the molecule is C/C=C\C=C(/C)c1cc(-c2ccccc2)cc(-c2cccc(-c3cccc(C4=CC=CCN4)c3)c2)c1. The molecule has 1 N–H and O–H groups in total. The Morgan fingerprint density at radius 2 is 1.25 bits per heavy atom. The van der Waals surface area contributed by atoms with E-state index in [1.807, 2.05) is 6.92 Å². The Bertz CT molecular complexity index is 1480. The summed E-state index contributed by atoms with van der Waals surface area (Å²) in [6.45, 7) is 5.10. The van der Waals surface area contributed by atoms with Gasteiger partial charge < -0.3 is 5.32 Å². The van der Waals surface area contributed by atoms with Gasteiger partial charge in [0.05, 0.1) is 0 Å². The largest absolute Gasteiger partial charge is 0.381 e. The summed E-state index contributed by atoms with van der Waals surface area (Å²) in [7, 11) is 0. The molecule has 0 saturated carbocycles. The first-order chi connectivity index (χ1) is 17.7. The maximum absolute atomic E-state index is 3.47. The van der Waals surface area contributed by atoms with Crippen molar-refractivity contribution in [2.45, 2.75) is 13.8 Å². The Morgan fingerprint density at radius 1 is 0.667 bits per heavy atom. The third-order valence-electron chi connectivity index (χ3n) is 6.55. The van der Waals surface area contributed by atoms with Crippen molar-refractivity contribution in [3.63, 3.8) is 0 Å². The van der Waals surface area contributed by atoms with E-state index in [4.69, 9.17) is 0 Å². The standard InChI is InChI=1S/C35H31N/c1-3-4-12-26(2)32-23-33(27-13-6-5-7-14-27)25-34(24-32)30-17-10-15-28(21-30)29-16-11-18-31(22-29)35-19-8-9-20-36-35/h3-19,21-25,36H,20H2,1-2H3/b4-3-,26-12+. The maximum atomic E-state index is 3.47. The first kappa shape index (κ1) is 23.4. The number of allylic oxidation sites excluding steroid dienone is 6. The predicted molar refractivity (Wildman–Crippen MR) is 156 cm³/mol. The molecule has 0 bridgehead atoms. The van der Waals surface area contributed by atoms with E-state index in [9.17, 15) is 0 Å². The van der Waals surface area contributed by atoms with Crippen molar-refractivity contribution in [3.8, 4) is 33.4 Å². The van der Waals surface area contributed by atoms with Crippen molar-refractivity contribution in [1.82, 2.24) is 5.32 Å². The first-order valence-corrected chi connectivity index (χ1v) is 12.5. The number of hydrogen-bond acceptors (Lipinski definition) is 1. The maximum Gasteiger partial charge on any atom is 0.0416 e. The van der Waals surface area contributed by atoms with Crippen LogP contribution < -0.4 is 5.32 Å². The summed E-state index contributed by atoms with van der Waals surface area (Å²) in [5.41, 5.74) is 12.2. The molecular formula is C35H31N. The van der Waals surface area contributed by atoms with Gasteiger partial charge in [0.1, 0.15) is 0 Å². The molecule has 0 atom stereocenters. The molecule has 0 amide bonds. The van der Waals surface area contributed by atoms with E-state index in [0.717, 1.165) is 6.54 Å². The Hall–Kier alpha value is -4.36. The van der Waals surface area contributed by atoms with Gasteiger partial charge in [-0.1, -0.05) is 97.1 Å². The highest BCUT2D eigenvalue weighted by Gasteiger charge is 2.09. The van der Waals surface area contributed by atoms with E-state index in [0.29, 0.717) is 0 Å². The average molecular weight is 466 g/mol. The Morgan fingerprint density at radius 3 is 1.92 bits per heavy atom. The molecule has 1 nitrogen and oxygen atoms in total. The van der Waals surface area contributed by atoms with Crippen molar-refractivity contribution in [3.05, 3.63) is 145 Å². The van der Waals surface area contributed by atoms with Gasteiger partial charge in [0.15, 0.2) is 0 Å². The molecule has 0 fully saturated rings. The smallest absolute Gasteiger partial charge is 0.0416 e. The average Bonchev–Trinajstić information content (AvgIpc) is 2.96. The van der Waals surface area contributed by atoms with E-state index in [2.05, 4.69) is 146 Å². The van der Waals surface area contributed by atoms with Crippen molar-refractivity contribution in [2.24, 2.45) is 0 Å². The molecule has 4 aromatic rings. The lowest BCUT2D eigenvalue weighted by Crippen LogP contribution is -2.14. The zero-order valence-electron chi connectivity index (χ0n) is 20.9. The van der Waals surface area contributed by atoms with Crippen LogP contribution in [0.15, 0.2) is 134 Å². The van der Waals surface area contributed by atoms with Crippen LogP contribution in [-0.2, 0) is 0 Å². The van der Waals surface area contributed by atoms with E-state index in [1.54, 1.807) is 0 Å². The second-order valence-corrected chi connectivity index (χ2v) is 9.09. The van der Waals surface area contributed by atoms with Crippen LogP contribution in [-0.4, -0.2) is 6.54 Å². The summed E-state index contributed by atoms with van der Waals surface area (Å²) in [6, 6.07) is 35.2. The number of benzene rings is 4. The van der Waals surface area contributed by atoms with Crippen LogP contribution in [0.4, 0.5) is 0 Å². The summed E-state index contributed by atoms with van der Waals surface area (Å²) in [4.78, 5) is 0. The van der Waals surface area contributed by atoms with Crippen molar-refractivity contribution < 1.29 is 0 Å². The molecule has 176 valence electrons. The van der Waals surface area contributed by atoms with Crippen LogP contribution in [0.5, 0.6) is 0 Å². The van der Waals surface area contributed by atoms with E-state index in [1.165, 1.54) is 55.8 Å². The van der Waals surface area contributed by atoms with Crippen molar-refractivity contribution in [2.75, 3.05) is 6.54 Å². The zero-order chi connectivity index (χ0) is 24.7. The molecule has 1 aliphatic rings. The van der Waals surface area contributed by atoms with Crippen LogP contribution in [0.2, 0.25) is 0 Å². The highest BCUT2D eigenvalue weighted by atomic mass is 14.9. The second-order valence-electron chi connectivity index (χ2n) is 9.09. The zero-order valence-corrected chi connectivity index (χ0v) is 20.9. The normalized spacial score (nSPS) is 13.5. The van der Waals surface area contributed by atoms with Gasteiger partial charge in [-0.15, -0.1) is 0 Å². The van der Waals surface area contributed by atoms with E-state index < -0.39 is 0 Å². The van der Waals surface area contributed by atoms with Gasteiger partial charge in [0.2, 0.25) is 0 Å². The van der Waals surface area contributed by atoms with Crippen LogP contribution >= 0.6 is 0 Å². The molecule has 0 unspecified atom stereocenters. The lowest BCUT2D eigenvalue weighted by atomic mass is 9.92. The molecule has 5 rings (SSSR count). The number of rotatable bonds is 6. The monoisotopic (exact) mass is 465 g/mol. The summed E-state index contributed by atoms with van der Waals surface area (Å²) < 4.78 is 0. The van der Waals surface area contributed by atoms with Gasteiger partial charge in [-0.2, -0.15) is 0 Å². The molecule has 1 heterocycles. The Kier molecular flexibility index (Phi) is 7.10. The molecular weight excluding hydrogens is 434 g/mol. The first-order valence-electron chi connectivity index (χ1n) is 12.5. The summed E-state index contributed by atoms with van der Waals surface area (Å²) in [6.07, 6.45) is 12.7. The Labute approximate surface area is 214 Å². The molecule has 0 spiro atoms. The van der Waals surface area contributed by atoms with E-state index in [-0.39, 0.29) is 0 Å². The minimum Gasteiger partial charge on any atom is -0.381 e. The molecule has 1 heteroatoms. The van der Waals surface area contributed by atoms with Gasteiger partial charge in [0.25, 0.3) is 0 Å². The Balaban J connectivity index is 1.58. The van der Waals surface area contributed by atoms with Gasteiger partial charge in [0, 0.05) is 12.2 Å². The third kappa shape index (κ3) is 5.31. The summed E-state index contributed by atoms with van der Waals surface area (Å²) in [5.74, 6) is 0. The molecule has 4 aromatic carbocycles. The summed E-state index contributed by atoms with van der Waals surface area (Å²) in [5, 5.41) is 3.47. The number of nitrogens with one attached hydrogen (secondary N) is 1. The van der Waals surface area contributed by atoms with Crippen LogP contribution in [0, 0.1) is 0 Å². The minimum absolute atomic E-state index is 0.869. The van der Waals surface area contributed by atoms with Crippen molar-refractivity contribution in [1.29, 1.82) is 0 Å². The van der Waals surface area contributed by atoms with Gasteiger partial charge >= 0.3 is 0 Å². The lowest BCUT2D eigenvalue weighted by molar-refractivity contribution is 0.996. The van der Waals surface area contributed by atoms with E-state index >= 15 is 0 Å². The number of dihydropyridines is 1. The quantitative estimate of drug-likeness (QED) is 0.280. The van der Waals surface area contributed by atoms with Gasteiger partial charge in [-0.3, -0.25) is 0 Å². The van der Waals surface area contributed by atoms with Gasteiger partial charge in [-0.05, 0) is 100 Å². The third-order valence-corrected chi connectivity index (χ3v) is 6.55. The van der Waals surface area contributed by atoms with Gasteiger partial charge in [-0.25, -0.2) is 0 Å². The molecule has 0 radical (unpaired) electrons. The van der Waals surface area contributed by atoms with Crippen LogP contribution in [0.1, 0.15) is 25.0 Å². The summed E-state index contributed by atoms with van der Waals surface area (Å²) >= 11 is 0. The molecule has 0 aliphatic carbocycles. The lowest BCUT2D eigenvalue weighted by Gasteiger charge is -2.14. The fraction of sp³-hybridized carbons (Fsp3) is 0.0857. The molecule has 0 aromatic heterocycles. The highest BCUT2D eigenvalue weighted by Crippen LogP contribution is 2.33. The fourth-order valence-electron chi connectivity index (χ4n) is 4.56. The highest BCUT2D eigenvalue weighted by molar-refractivity contribution is 5.82. The molecule has 1 aliphatic heterocycles. The van der Waals surface area contributed by atoms with Crippen LogP contribution in [0.3, 0.4) is 0 Å². The predicted octanol–water partition coefficient (Wildman–Crippen LogP) is 9.17. The van der Waals surface area contributed by atoms with Crippen LogP contribution in [0.25, 0.3) is 44.7 Å². The fourth-order valence-corrected chi connectivity index (χ4v) is 4.56. The minimum atomic E-state index is 0.869. The second kappa shape index (κ2) is 10.9. The van der Waals surface area contributed by atoms with Crippen molar-refractivity contribution >= 4 is 11.3 Å². The molecule has 0 saturated heterocycles. The number of hydrogen-bond donors (Lipinski definition) is 1. The molecule has 36 heavy (non-hydrogen) atoms.